The molecule has 0 fully saturated rings. The number of carbonyl (C=O) groups is 1. The first kappa shape index (κ1) is 12.9. The Bertz CT molecular complexity index is 347. The molecule has 0 atom stereocenters. The number of amides is 1. The minimum absolute atomic E-state index is 0.121. The van der Waals surface area contributed by atoms with E-state index < -0.39 is 0 Å². The second-order valence-corrected chi connectivity index (χ2v) is 4.10. The molecule has 0 aliphatic heterocycles. The highest BCUT2D eigenvalue weighted by molar-refractivity contribution is 7.12. The van der Waals surface area contributed by atoms with Crippen LogP contribution in [0.15, 0.2) is 22.6 Å². The summed E-state index contributed by atoms with van der Waals surface area (Å²) < 4.78 is 5.08. The van der Waals surface area contributed by atoms with Gasteiger partial charge in [0.15, 0.2) is 0 Å². The van der Waals surface area contributed by atoms with Gasteiger partial charge in [-0.1, -0.05) is 6.07 Å². The molecule has 1 rings (SSSR count). The Kier molecular flexibility index (Phi) is 5.74. The summed E-state index contributed by atoms with van der Waals surface area (Å²) in [7, 11) is 0. The molecule has 0 aliphatic carbocycles. The lowest BCUT2D eigenvalue weighted by Gasteiger charge is -2.01. The summed E-state index contributed by atoms with van der Waals surface area (Å²) in [6, 6.07) is 3.92. The van der Waals surface area contributed by atoms with Crippen molar-refractivity contribution in [3.8, 4) is 0 Å². The maximum absolute atomic E-state index is 11.3. The SMILES string of the molecule is CCOCCC(=O)N/N=C(\C)c1cccs1. The standard InChI is InChI=1S/C11H16N2O2S/c1-3-15-7-6-11(14)13-12-9(2)10-5-4-8-16-10/h4-5,8H,3,6-7H2,1-2H3,(H,13,14)/b12-9+. The number of nitrogens with one attached hydrogen (secondary N) is 1. The molecule has 0 radical (unpaired) electrons. The summed E-state index contributed by atoms with van der Waals surface area (Å²) in [4.78, 5) is 12.4. The van der Waals surface area contributed by atoms with Crippen molar-refractivity contribution < 1.29 is 9.53 Å². The fourth-order valence-electron chi connectivity index (χ4n) is 1.05. The lowest BCUT2D eigenvalue weighted by Crippen LogP contribution is -2.20. The van der Waals surface area contributed by atoms with E-state index in [2.05, 4.69) is 10.5 Å². The molecule has 0 unspecified atom stereocenters. The van der Waals surface area contributed by atoms with Crippen LogP contribution in [-0.2, 0) is 9.53 Å². The summed E-state index contributed by atoms with van der Waals surface area (Å²) in [6.07, 6.45) is 0.342. The first-order chi connectivity index (χ1) is 7.74. The van der Waals surface area contributed by atoms with E-state index in [4.69, 9.17) is 4.74 Å². The van der Waals surface area contributed by atoms with Gasteiger partial charge in [0.05, 0.1) is 18.7 Å². The maximum Gasteiger partial charge on any atom is 0.242 e. The van der Waals surface area contributed by atoms with Crippen molar-refractivity contribution in [3.63, 3.8) is 0 Å². The molecule has 1 heterocycles. The molecular formula is C11H16N2O2S. The fourth-order valence-corrected chi connectivity index (χ4v) is 1.73. The number of hydrazone groups is 1. The predicted octanol–water partition coefficient (Wildman–Crippen LogP) is 2.01. The van der Waals surface area contributed by atoms with Crippen LogP contribution < -0.4 is 5.43 Å². The van der Waals surface area contributed by atoms with Gasteiger partial charge in [-0.05, 0) is 25.3 Å². The third-order valence-electron chi connectivity index (χ3n) is 1.90. The number of rotatable bonds is 6. The third kappa shape index (κ3) is 4.55. The molecule has 0 saturated carbocycles. The molecule has 0 spiro atoms. The third-order valence-corrected chi connectivity index (χ3v) is 2.88. The Balaban J connectivity index is 2.32. The molecule has 88 valence electrons. The number of thiophene rings is 1. The zero-order valence-electron chi connectivity index (χ0n) is 9.53. The molecule has 0 aromatic carbocycles. The molecule has 1 aromatic rings. The molecule has 0 bridgehead atoms. The lowest BCUT2D eigenvalue weighted by atomic mass is 10.3. The first-order valence-electron chi connectivity index (χ1n) is 5.18. The van der Waals surface area contributed by atoms with Crippen LogP contribution in [0, 0.1) is 0 Å². The van der Waals surface area contributed by atoms with Gasteiger partial charge in [0.1, 0.15) is 0 Å². The second kappa shape index (κ2) is 7.14. The van der Waals surface area contributed by atoms with E-state index in [9.17, 15) is 4.79 Å². The van der Waals surface area contributed by atoms with Gasteiger partial charge in [0.25, 0.3) is 0 Å². The molecule has 4 nitrogen and oxygen atoms in total. The molecule has 1 amide bonds. The van der Waals surface area contributed by atoms with E-state index >= 15 is 0 Å². The summed E-state index contributed by atoms with van der Waals surface area (Å²) in [5.74, 6) is -0.121. The van der Waals surface area contributed by atoms with E-state index in [0.29, 0.717) is 19.6 Å². The van der Waals surface area contributed by atoms with Crippen LogP contribution >= 0.6 is 11.3 Å². The van der Waals surface area contributed by atoms with Gasteiger partial charge in [-0.3, -0.25) is 4.79 Å². The molecule has 0 aliphatic rings. The van der Waals surface area contributed by atoms with Crippen LogP contribution in [0.25, 0.3) is 0 Å². The van der Waals surface area contributed by atoms with Crippen LogP contribution in [0.5, 0.6) is 0 Å². The molecule has 1 aromatic heterocycles. The Labute approximate surface area is 99.3 Å². The van der Waals surface area contributed by atoms with Crippen LogP contribution in [0.4, 0.5) is 0 Å². The maximum atomic E-state index is 11.3. The van der Waals surface area contributed by atoms with Gasteiger partial charge in [0, 0.05) is 11.5 Å². The predicted molar refractivity (Wildman–Crippen MR) is 65.8 cm³/mol. The van der Waals surface area contributed by atoms with Gasteiger partial charge in [-0.2, -0.15) is 5.10 Å². The number of ether oxygens (including phenoxy) is 1. The summed E-state index contributed by atoms with van der Waals surface area (Å²) >= 11 is 1.60. The average molecular weight is 240 g/mol. The summed E-state index contributed by atoms with van der Waals surface area (Å²) in [6.45, 7) is 4.84. The Hall–Kier alpha value is -1.20. The zero-order valence-corrected chi connectivity index (χ0v) is 10.3. The fraction of sp³-hybridized carbons (Fsp3) is 0.455. The van der Waals surface area contributed by atoms with Crippen molar-refractivity contribution in [2.75, 3.05) is 13.2 Å². The van der Waals surface area contributed by atoms with E-state index in [0.717, 1.165) is 10.6 Å². The monoisotopic (exact) mass is 240 g/mol. The van der Waals surface area contributed by atoms with E-state index in [1.54, 1.807) is 11.3 Å². The van der Waals surface area contributed by atoms with Crippen LogP contribution in [0.1, 0.15) is 25.1 Å². The van der Waals surface area contributed by atoms with Crippen molar-refractivity contribution in [1.29, 1.82) is 0 Å². The Morgan fingerprint density at radius 3 is 3.06 bits per heavy atom. The smallest absolute Gasteiger partial charge is 0.242 e. The highest BCUT2D eigenvalue weighted by atomic mass is 32.1. The number of hydrogen-bond acceptors (Lipinski definition) is 4. The van der Waals surface area contributed by atoms with Gasteiger partial charge in [-0.15, -0.1) is 11.3 Å². The minimum atomic E-state index is -0.121. The zero-order chi connectivity index (χ0) is 11.8. The normalized spacial score (nSPS) is 11.5. The van der Waals surface area contributed by atoms with E-state index in [1.165, 1.54) is 0 Å². The highest BCUT2D eigenvalue weighted by Gasteiger charge is 2.01. The Morgan fingerprint density at radius 2 is 2.44 bits per heavy atom. The van der Waals surface area contributed by atoms with Gasteiger partial charge in [0.2, 0.25) is 5.91 Å². The first-order valence-corrected chi connectivity index (χ1v) is 6.06. The molecule has 1 N–H and O–H groups in total. The van der Waals surface area contributed by atoms with E-state index in [1.807, 2.05) is 31.4 Å². The summed E-state index contributed by atoms with van der Waals surface area (Å²) in [5, 5.41) is 5.99. The molecular weight excluding hydrogens is 224 g/mol. The van der Waals surface area contributed by atoms with Crippen molar-refractivity contribution in [3.05, 3.63) is 22.4 Å². The molecule has 5 heteroatoms. The largest absolute Gasteiger partial charge is 0.381 e. The van der Waals surface area contributed by atoms with Crippen LogP contribution in [0.2, 0.25) is 0 Å². The molecule has 16 heavy (non-hydrogen) atoms. The van der Waals surface area contributed by atoms with E-state index in [-0.39, 0.29) is 5.91 Å². The minimum Gasteiger partial charge on any atom is -0.381 e. The number of hydrogen-bond donors (Lipinski definition) is 1. The highest BCUT2D eigenvalue weighted by Crippen LogP contribution is 2.09. The van der Waals surface area contributed by atoms with Crippen molar-refractivity contribution in [1.82, 2.24) is 5.43 Å². The second-order valence-electron chi connectivity index (χ2n) is 3.16. The van der Waals surface area contributed by atoms with Gasteiger partial charge in [-0.25, -0.2) is 5.43 Å². The van der Waals surface area contributed by atoms with Gasteiger partial charge < -0.3 is 4.74 Å². The van der Waals surface area contributed by atoms with Crippen LogP contribution in [0.3, 0.4) is 0 Å². The topological polar surface area (TPSA) is 50.7 Å². The van der Waals surface area contributed by atoms with Crippen molar-refractivity contribution >= 4 is 23.0 Å². The summed E-state index contributed by atoms with van der Waals surface area (Å²) in [5.41, 5.74) is 3.32. The molecule has 0 saturated heterocycles. The van der Waals surface area contributed by atoms with Gasteiger partial charge >= 0.3 is 0 Å². The van der Waals surface area contributed by atoms with Crippen LogP contribution in [-0.4, -0.2) is 24.8 Å². The lowest BCUT2D eigenvalue weighted by molar-refractivity contribution is -0.122. The van der Waals surface area contributed by atoms with Crippen molar-refractivity contribution in [2.24, 2.45) is 5.10 Å². The van der Waals surface area contributed by atoms with Crippen molar-refractivity contribution in [2.45, 2.75) is 20.3 Å². The number of nitrogens with zero attached hydrogens (tertiary/aromatic N) is 1. The quantitative estimate of drug-likeness (QED) is 0.470. The number of carbonyl (C=O) groups excluding carboxylic acids is 1. The Morgan fingerprint density at radius 1 is 1.62 bits per heavy atom. The average Bonchev–Trinajstić information content (AvgIpc) is 2.79.